The first-order valence-corrected chi connectivity index (χ1v) is 10.6. The number of anilines is 2. The second-order valence-corrected chi connectivity index (χ2v) is 8.17. The van der Waals surface area contributed by atoms with E-state index in [1.54, 1.807) is 12.4 Å². The van der Waals surface area contributed by atoms with E-state index in [-0.39, 0.29) is 6.04 Å². The summed E-state index contributed by atoms with van der Waals surface area (Å²) in [5.74, 6) is 2.59. The summed E-state index contributed by atoms with van der Waals surface area (Å²) in [7, 11) is 0. The Morgan fingerprint density at radius 2 is 1.90 bits per heavy atom. The lowest BCUT2D eigenvalue weighted by molar-refractivity contribution is 0.672. The van der Waals surface area contributed by atoms with E-state index >= 15 is 0 Å². The Kier molecular flexibility index (Phi) is 5.19. The van der Waals surface area contributed by atoms with Crippen molar-refractivity contribution in [2.24, 2.45) is 0 Å². The van der Waals surface area contributed by atoms with E-state index in [0.29, 0.717) is 16.6 Å². The first kappa shape index (κ1) is 19.2. The molecule has 152 valence electrons. The number of aromatic nitrogens is 4. The largest absolute Gasteiger partial charge is 0.366 e. The Hall–Kier alpha value is -2.83. The summed E-state index contributed by atoms with van der Waals surface area (Å²) in [5.41, 5.74) is 2.91. The molecule has 5 rings (SSSR count). The molecule has 0 amide bonds. The fraction of sp³-hybridized carbons (Fsp3) is 0.227. The molecular weight excluding hydrogens is 419 g/mol. The quantitative estimate of drug-likeness (QED) is 0.423. The summed E-state index contributed by atoms with van der Waals surface area (Å²) in [6.45, 7) is 1.63. The van der Waals surface area contributed by atoms with E-state index in [1.165, 1.54) is 5.56 Å². The number of rotatable bonds is 5. The van der Waals surface area contributed by atoms with Gasteiger partial charge in [0.2, 0.25) is 0 Å². The molecule has 0 radical (unpaired) electrons. The summed E-state index contributed by atoms with van der Waals surface area (Å²) in [6, 6.07) is 16.0. The number of nitrogens with one attached hydrogen (secondary N) is 2. The van der Waals surface area contributed by atoms with Crippen molar-refractivity contribution in [3.63, 3.8) is 0 Å². The highest BCUT2D eigenvalue weighted by Gasteiger charge is 2.30. The van der Waals surface area contributed by atoms with Gasteiger partial charge in [0.15, 0.2) is 0 Å². The molecule has 2 N–H and O–H groups in total. The fourth-order valence-corrected chi connectivity index (χ4v) is 4.22. The van der Waals surface area contributed by atoms with Gasteiger partial charge in [-0.2, -0.15) is 0 Å². The zero-order valence-corrected chi connectivity index (χ0v) is 17.7. The lowest BCUT2D eigenvalue weighted by Crippen LogP contribution is -2.24. The number of hydrogen-bond donors (Lipinski definition) is 2. The fourth-order valence-electron chi connectivity index (χ4n) is 3.90. The summed E-state index contributed by atoms with van der Waals surface area (Å²) >= 11 is 12.3. The van der Waals surface area contributed by atoms with Crippen molar-refractivity contribution < 1.29 is 0 Å². The predicted molar refractivity (Wildman–Crippen MR) is 121 cm³/mol. The molecule has 1 aliphatic rings. The van der Waals surface area contributed by atoms with E-state index in [2.05, 4.69) is 37.3 Å². The normalized spacial score (nSPS) is 16.3. The van der Waals surface area contributed by atoms with Gasteiger partial charge in [-0.3, -0.25) is 0 Å². The smallest absolute Gasteiger partial charge is 0.134 e. The summed E-state index contributed by atoms with van der Waals surface area (Å²) in [4.78, 5) is 19.4. The van der Waals surface area contributed by atoms with E-state index in [4.69, 9.17) is 28.2 Å². The number of benzene rings is 2. The minimum absolute atomic E-state index is 0.117. The molecule has 3 heterocycles. The highest BCUT2D eigenvalue weighted by molar-refractivity contribution is 6.42. The van der Waals surface area contributed by atoms with Crippen LogP contribution in [0.5, 0.6) is 0 Å². The molecule has 0 spiro atoms. The van der Waals surface area contributed by atoms with Gasteiger partial charge < -0.3 is 15.2 Å². The van der Waals surface area contributed by atoms with Crippen molar-refractivity contribution in [3.8, 4) is 0 Å². The number of imidazole rings is 1. The Bertz CT molecular complexity index is 1140. The number of halogens is 2. The third-order valence-electron chi connectivity index (χ3n) is 5.37. The van der Waals surface area contributed by atoms with E-state index in [9.17, 15) is 0 Å². The van der Waals surface area contributed by atoms with Crippen LogP contribution in [0.2, 0.25) is 10.0 Å². The van der Waals surface area contributed by atoms with Gasteiger partial charge in [-0.1, -0.05) is 53.5 Å². The maximum atomic E-state index is 6.16. The Morgan fingerprint density at radius 3 is 2.77 bits per heavy atom. The maximum Gasteiger partial charge on any atom is 0.134 e. The molecular formula is C22H20Cl2N6. The highest BCUT2D eigenvalue weighted by Crippen LogP contribution is 2.36. The molecule has 2 aromatic heterocycles. The minimum atomic E-state index is 0.117. The third-order valence-corrected chi connectivity index (χ3v) is 6.10. The van der Waals surface area contributed by atoms with Gasteiger partial charge in [0.25, 0.3) is 0 Å². The van der Waals surface area contributed by atoms with Gasteiger partial charge in [0, 0.05) is 19.2 Å². The molecule has 2 aromatic carbocycles. The van der Waals surface area contributed by atoms with Crippen molar-refractivity contribution in [1.82, 2.24) is 19.9 Å². The molecule has 4 aromatic rings. The molecule has 0 bridgehead atoms. The van der Waals surface area contributed by atoms with Crippen LogP contribution in [0.3, 0.4) is 0 Å². The molecule has 0 saturated carbocycles. The highest BCUT2D eigenvalue weighted by atomic mass is 35.5. The zero-order chi connectivity index (χ0) is 20.5. The van der Waals surface area contributed by atoms with Crippen LogP contribution < -0.4 is 10.2 Å². The van der Waals surface area contributed by atoms with E-state index in [1.807, 2.05) is 30.3 Å². The van der Waals surface area contributed by atoms with Crippen LogP contribution in [-0.2, 0) is 6.54 Å². The average Bonchev–Trinajstić information content (AvgIpc) is 3.40. The van der Waals surface area contributed by atoms with Gasteiger partial charge in [-0.05, 0) is 30.5 Å². The number of nitrogens with zero attached hydrogens (tertiary/aromatic N) is 4. The molecule has 1 saturated heterocycles. The number of fused-ring (bicyclic) bond motifs is 1. The summed E-state index contributed by atoms with van der Waals surface area (Å²) in [5, 5.41) is 4.41. The Morgan fingerprint density at radius 1 is 1.07 bits per heavy atom. The standard InChI is InChI=1S/C22H20Cl2N6/c23-15-9-17-18(10-16(15)24)29-22(28-17)19-7-4-8-30(19)21-11-20(26-13-27-21)25-12-14-5-2-1-3-6-14/h1-3,5-6,9-11,13,19H,4,7-8,12H2,(H,28,29)(H,25,26,27)/t19-/m0/s1. The van der Waals surface area contributed by atoms with Gasteiger partial charge in [-0.25, -0.2) is 15.0 Å². The van der Waals surface area contributed by atoms with E-state index in [0.717, 1.165) is 47.9 Å². The van der Waals surface area contributed by atoms with Gasteiger partial charge >= 0.3 is 0 Å². The Labute approximate surface area is 184 Å². The first-order valence-electron chi connectivity index (χ1n) is 9.88. The van der Waals surface area contributed by atoms with Crippen LogP contribution in [0.25, 0.3) is 11.0 Å². The molecule has 30 heavy (non-hydrogen) atoms. The molecule has 1 atom stereocenters. The maximum absolute atomic E-state index is 6.16. The molecule has 1 fully saturated rings. The SMILES string of the molecule is Clc1cc2nc([C@@H]3CCCN3c3cc(NCc4ccccc4)ncn3)[nH]c2cc1Cl. The first-order chi connectivity index (χ1) is 14.7. The Balaban J connectivity index is 1.38. The van der Waals surface area contributed by atoms with Crippen LogP contribution in [0.15, 0.2) is 54.9 Å². The minimum Gasteiger partial charge on any atom is -0.366 e. The van der Waals surface area contributed by atoms with Crippen molar-refractivity contribution in [3.05, 3.63) is 76.3 Å². The third kappa shape index (κ3) is 3.80. The number of hydrogen-bond acceptors (Lipinski definition) is 5. The lowest BCUT2D eigenvalue weighted by Gasteiger charge is -2.24. The average molecular weight is 439 g/mol. The van der Waals surface area contributed by atoms with Gasteiger partial charge in [0.1, 0.15) is 23.8 Å². The zero-order valence-electron chi connectivity index (χ0n) is 16.1. The molecule has 0 aliphatic carbocycles. The monoisotopic (exact) mass is 438 g/mol. The van der Waals surface area contributed by atoms with Crippen molar-refractivity contribution in [1.29, 1.82) is 0 Å². The molecule has 8 heteroatoms. The molecule has 6 nitrogen and oxygen atoms in total. The van der Waals surface area contributed by atoms with Crippen molar-refractivity contribution in [2.45, 2.75) is 25.4 Å². The lowest BCUT2D eigenvalue weighted by atomic mass is 10.2. The van der Waals surface area contributed by atoms with Crippen LogP contribution in [0.1, 0.15) is 30.3 Å². The van der Waals surface area contributed by atoms with Gasteiger partial charge in [0.05, 0.1) is 27.1 Å². The molecule has 1 aliphatic heterocycles. The topological polar surface area (TPSA) is 69.7 Å². The number of H-pyrrole nitrogens is 1. The summed E-state index contributed by atoms with van der Waals surface area (Å²) < 4.78 is 0. The second-order valence-electron chi connectivity index (χ2n) is 7.36. The van der Waals surface area contributed by atoms with Crippen LogP contribution in [0.4, 0.5) is 11.6 Å². The number of aromatic amines is 1. The van der Waals surface area contributed by atoms with Crippen LogP contribution >= 0.6 is 23.2 Å². The van der Waals surface area contributed by atoms with Crippen molar-refractivity contribution >= 4 is 45.9 Å². The molecule has 0 unspecified atom stereocenters. The van der Waals surface area contributed by atoms with Crippen LogP contribution in [-0.4, -0.2) is 26.5 Å². The van der Waals surface area contributed by atoms with Crippen LogP contribution in [0, 0.1) is 0 Å². The predicted octanol–water partition coefficient (Wildman–Crippen LogP) is 5.61. The van der Waals surface area contributed by atoms with Crippen molar-refractivity contribution in [2.75, 3.05) is 16.8 Å². The van der Waals surface area contributed by atoms with E-state index < -0.39 is 0 Å². The van der Waals surface area contributed by atoms with Gasteiger partial charge in [-0.15, -0.1) is 0 Å². The second kappa shape index (κ2) is 8.13. The summed E-state index contributed by atoms with van der Waals surface area (Å²) in [6.07, 6.45) is 3.67.